The first kappa shape index (κ1) is 11.4. The summed E-state index contributed by atoms with van der Waals surface area (Å²) in [5.41, 5.74) is 0. The summed E-state index contributed by atoms with van der Waals surface area (Å²) in [6.45, 7) is 4.79. The first-order valence-electron chi connectivity index (χ1n) is 4.90. The van der Waals surface area contributed by atoms with E-state index < -0.39 is 12.0 Å². The first-order valence-corrected chi connectivity index (χ1v) is 4.90. The number of carbonyl (C=O) groups is 1. The van der Waals surface area contributed by atoms with Crippen molar-refractivity contribution in [3.63, 3.8) is 0 Å². The van der Waals surface area contributed by atoms with Gasteiger partial charge in [-0.2, -0.15) is 0 Å². The Morgan fingerprint density at radius 1 is 1.43 bits per heavy atom. The number of aliphatic carboxylic acids is 1. The number of piperazine rings is 1. The third-order valence-corrected chi connectivity index (χ3v) is 2.71. The number of alkyl halides is 1. The fourth-order valence-corrected chi connectivity index (χ4v) is 1.65. The van der Waals surface area contributed by atoms with E-state index in [0.29, 0.717) is 19.6 Å². The van der Waals surface area contributed by atoms with Crippen molar-refractivity contribution in [2.75, 3.05) is 39.4 Å². The Morgan fingerprint density at radius 3 is 2.43 bits per heavy atom. The smallest absolute Gasteiger partial charge is 0.320 e. The second-order valence-corrected chi connectivity index (χ2v) is 3.58. The van der Waals surface area contributed by atoms with Crippen LogP contribution in [0, 0.1) is 0 Å². The minimum atomic E-state index is -0.788. The normalized spacial score (nSPS) is 22.1. The Labute approximate surface area is 83.3 Å². The van der Waals surface area contributed by atoms with Crippen molar-refractivity contribution in [1.82, 2.24) is 9.80 Å². The zero-order chi connectivity index (χ0) is 10.6. The van der Waals surface area contributed by atoms with Crippen LogP contribution in [0.25, 0.3) is 0 Å². The number of hydrogen-bond acceptors (Lipinski definition) is 3. The van der Waals surface area contributed by atoms with E-state index in [2.05, 4.69) is 0 Å². The van der Waals surface area contributed by atoms with Gasteiger partial charge in [-0.15, -0.1) is 0 Å². The van der Waals surface area contributed by atoms with Gasteiger partial charge >= 0.3 is 5.97 Å². The lowest BCUT2D eigenvalue weighted by Gasteiger charge is -2.36. The van der Waals surface area contributed by atoms with Crippen LogP contribution in [-0.2, 0) is 4.79 Å². The zero-order valence-corrected chi connectivity index (χ0v) is 8.45. The second-order valence-electron chi connectivity index (χ2n) is 3.58. The zero-order valence-electron chi connectivity index (χ0n) is 8.45. The van der Waals surface area contributed by atoms with E-state index in [-0.39, 0.29) is 6.67 Å². The van der Waals surface area contributed by atoms with Crippen molar-refractivity contribution < 1.29 is 14.3 Å². The molecule has 0 saturated carbocycles. The lowest BCUT2D eigenvalue weighted by Crippen LogP contribution is -2.51. The van der Waals surface area contributed by atoms with Crippen LogP contribution in [-0.4, -0.2) is 66.3 Å². The van der Waals surface area contributed by atoms with Crippen LogP contribution in [0.2, 0.25) is 0 Å². The maximum Gasteiger partial charge on any atom is 0.320 e. The highest BCUT2D eigenvalue weighted by atomic mass is 19.1. The molecule has 1 N–H and O–H groups in total. The molecule has 1 saturated heterocycles. The highest BCUT2D eigenvalue weighted by Crippen LogP contribution is 2.06. The summed E-state index contributed by atoms with van der Waals surface area (Å²) in [5.74, 6) is -0.788. The molecule has 0 radical (unpaired) electrons. The number of rotatable bonds is 4. The molecule has 0 aromatic carbocycles. The molecule has 1 aliphatic heterocycles. The summed E-state index contributed by atoms with van der Waals surface area (Å²) in [6.07, 6.45) is 0. The van der Waals surface area contributed by atoms with Gasteiger partial charge in [-0.1, -0.05) is 0 Å². The molecule has 1 aliphatic rings. The minimum absolute atomic E-state index is 0.325. The highest BCUT2D eigenvalue weighted by molar-refractivity contribution is 5.72. The van der Waals surface area contributed by atoms with E-state index in [1.54, 1.807) is 6.92 Å². The molecular weight excluding hydrogens is 187 g/mol. The standard InChI is InChI=1S/C9H17FN2O2/c1-8(9(13)14)12-6-4-11(3-2-10)5-7-12/h8H,2-7H2,1H3,(H,13,14). The van der Waals surface area contributed by atoms with Crippen molar-refractivity contribution in [3.8, 4) is 0 Å². The van der Waals surface area contributed by atoms with Crippen molar-refractivity contribution in [2.24, 2.45) is 0 Å². The van der Waals surface area contributed by atoms with Gasteiger partial charge in [0.25, 0.3) is 0 Å². The van der Waals surface area contributed by atoms with Crippen LogP contribution in [0.15, 0.2) is 0 Å². The van der Waals surface area contributed by atoms with Gasteiger partial charge in [-0.25, -0.2) is 4.39 Å². The van der Waals surface area contributed by atoms with E-state index in [9.17, 15) is 9.18 Å². The summed E-state index contributed by atoms with van der Waals surface area (Å²) in [4.78, 5) is 14.6. The SMILES string of the molecule is CC(C(=O)O)N1CCN(CCF)CC1. The van der Waals surface area contributed by atoms with Crippen LogP contribution < -0.4 is 0 Å². The minimum Gasteiger partial charge on any atom is -0.480 e. The van der Waals surface area contributed by atoms with Crippen LogP contribution in [0.5, 0.6) is 0 Å². The fourth-order valence-electron chi connectivity index (χ4n) is 1.65. The number of halogens is 1. The molecule has 1 atom stereocenters. The van der Waals surface area contributed by atoms with Crippen LogP contribution in [0.4, 0.5) is 4.39 Å². The summed E-state index contributed by atoms with van der Waals surface area (Å²) >= 11 is 0. The summed E-state index contributed by atoms with van der Waals surface area (Å²) in [5, 5.41) is 8.79. The molecule has 0 spiro atoms. The van der Waals surface area contributed by atoms with Crippen LogP contribution in [0.1, 0.15) is 6.92 Å². The van der Waals surface area contributed by atoms with E-state index in [4.69, 9.17) is 5.11 Å². The van der Waals surface area contributed by atoms with Gasteiger partial charge in [0.05, 0.1) is 0 Å². The van der Waals surface area contributed by atoms with Crippen molar-refractivity contribution in [3.05, 3.63) is 0 Å². The lowest BCUT2D eigenvalue weighted by atomic mass is 10.2. The van der Waals surface area contributed by atoms with Gasteiger partial charge in [0.15, 0.2) is 0 Å². The third-order valence-electron chi connectivity index (χ3n) is 2.71. The Balaban J connectivity index is 2.31. The molecule has 0 aromatic heterocycles. The fraction of sp³-hybridized carbons (Fsp3) is 0.889. The van der Waals surface area contributed by atoms with Gasteiger partial charge in [-0.3, -0.25) is 14.6 Å². The Kier molecular flexibility index (Phi) is 4.28. The molecular formula is C9H17FN2O2. The lowest BCUT2D eigenvalue weighted by molar-refractivity contribution is -0.143. The Bertz CT molecular complexity index is 193. The topological polar surface area (TPSA) is 43.8 Å². The monoisotopic (exact) mass is 204 g/mol. The van der Waals surface area contributed by atoms with E-state index >= 15 is 0 Å². The molecule has 4 nitrogen and oxygen atoms in total. The van der Waals surface area contributed by atoms with E-state index in [1.807, 2.05) is 9.80 Å². The maximum absolute atomic E-state index is 12.0. The second kappa shape index (κ2) is 5.26. The third kappa shape index (κ3) is 2.92. The molecule has 0 aromatic rings. The number of nitrogens with zero attached hydrogens (tertiary/aromatic N) is 2. The number of hydrogen-bond donors (Lipinski definition) is 1. The van der Waals surface area contributed by atoms with Gasteiger partial charge in [0.2, 0.25) is 0 Å². The summed E-state index contributed by atoms with van der Waals surface area (Å²) in [7, 11) is 0. The first-order chi connectivity index (χ1) is 6.65. The van der Waals surface area contributed by atoms with E-state index in [1.165, 1.54) is 0 Å². The predicted molar refractivity (Wildman–Crippen MR) is 51.1 cm³/mol. The summed E-state index contributed by atoms with van der Waals surface area (Å²) < 4.78 is 12.0. The van der Waals surface area contributed by atoms with Gasteiger partial charge in [0, 0.05) is 32.7 Å². The molecule has 5 heteroatoms. The molecule has 0 amide bonds. The Hall–Kier alpha value is -0.680. The molecule has 14 heavy (non-hydrogen) atoms. The molecule has 1 rings (SSSR count). The average Bonchev–Trinajstić information content (AvgIpc) is 2.18. The molecule has 1 heterocycles. The number of carboxylic acids is 1. The highest BCUT2D eigenvalue weighted by Gasteiger charge is 2.24. The van der Waals surface area contributed by atoms with Crippen LogP contribution >= 0.6 is 0 Å². The molecule has 0 aliphatic carbocycles. The van der Waals surface area contributed by atoms with Gasteiger partial charge < -0.3 is 5.11 Å². The van der Waals surface area contributed by atoms with Crippen molar-refractivity contribution in [2.45, 2.75) is 13.0 Å². The quantitative estimate of drug-likeness (QED) is 0.702. The van der Waals surface area contributed by atoms with Gasteiger partial charge in [0.1, 0.15) is 12.7 Å². The largest absolute Gasteiger partial charge is 0.480 e. The van der Waals surface area contributed by atoms with Gasteiger partial charge in [-0.05, 0) is 6.92 Å². The predicted octanol–water partition coefficient (Wildman–Crippen LogP) is 0.0466. The Morgan fingerprint density at radius 2 is 2.00 bits per heavy atom. The number of carboxylic acid groups (broad SMARTS) is 1. The molecule has 1 unspecified atom stereocenters. The van der Waals surface area contributed by atoms with Crippen molar-refractivity contribution >= 4 is 5.97 Å². The van der Waals surface area contributed by atoms with E-state index in [0.717, 1.165) is 13.1 Å². The van der Waals surface area contributed by atoms with Crippen molar-refractivity contribution in [1.29, 1.82) is 0 Å². The molecule has 0 bridgehead atoms. The summed E-state index contributed by atoms with van der Waals surface area (Å²) in [6, 6.07) is -0.428. The molecule has 1 fully saturated rings. The molecule has 82 valence electrons. The average molecular weight is 204 g/mol. The maximum atomic E-state index is 12.0. The van der Waals surface area contributed by atoms with Crippen LogP contribution in [0.3, 0.4) is 0 Å².